The molecule has 1 unspecified atom stereocenters. The van der Waals surface area contributed by atoms with Crippen molar-refractivity contribution in [1.82, 2.24) is 0 Å². The van der Waals surface area contributed by atoms with E-state index in [2.05, 4.69) is 0 Å². The molecular weight excluding hydrogens is 286 g/mol. The summed E-state index contributed by atoms with van der Waals surface area (Å²) in [5.41, 5.74) is 3.09. The van der Waals surface area contributed by atoms with Crippen molar-refractivity contribution in [1.29, 1.82) is 0 Å². The molecule has 0 spiro atoms. The third-order valence-electron chi connectivity index (χ3n) is 3.87. The highest BCUT2D eigenvalue weighted by Gasteiger charge is 2.33. The van der Waals surface area contributed by atoms with E-state index in [1.165, 1.54) is 11.3 Å². The number of hydrogen-bond acceptors (Lipinski definition) is 3. The Morgan fingerprint density at radius 3 is 2.71 bits per heavy atom. The van der Waals surface area contributed by atoms with Crippen LogP contribution in [0.3, 0.4) is 0 Å². The third kappa shape index (κ3) is 2.34. The minimum atomic E-state index is -0.832. The second-order valence-corrected chi connectivity index (χ2v) is 5.91. The number of carboxylic acid groups (broad SMARTS) is 1. The number of aliphatic carboxylic acids is 1. The van der Waals surface area contributed by atoms with Crippen LogP contribution >= 0.6 is 11.3 Å². The van der Waals surface area contributed by atoms with Crippen LogP contribution in [0.1, 0.15) is 33.8 Å². The first-order valence-corrected chi connectivity index (χ1v) is 7.70. The van der Waals surface area contributed by atoms with Crippen molar-refractivity contribution < 1.29 is 14.7 Å². The zero-order valence-electron chi connectivity index (χ0n) is 11.6. The topological polar surface area (TPSA) is 57.6 Å². The van der Waals surface area contributed by atoms with Crippen molar-refractivity contribution in [3.05, 3.63) is 51.7 Å². The van der Waals surface area contributed by atoms with E-state index in [9.17, 15) is 14.7 Å². The maximum atomic E-state index is 12.7. The molecular formula is C16H15NO3S. The van der Waals surface area contributed by atoms with Crippen LogP contribution < -0.4 is 4.90 Å². The summed E-state index contributed by atoms with van der Waals surface area (Å²) in [5.74, 6) is -1.42. The highest BCUT2D eigenvalue weighted by Crippen LogP contribution is 2.36. The number of thiophene rings is 1. The van der Waals surface area contributed by atoms with E-state index in [0.29, 0.717) is 24.2 Å². The van der Waals surface area contributed by atoms with E-state index >= 15 is 0 Å². The average Bonchev–Trinajstić information content (AvgIpc) is 2.91. The van der Waals surface area contributed by atoms with Gasteiger partial charge in [-0.1, -0.05) is 18.2 Å². The molecule has 2 aromatic rings. The molecule has 1 atom stereocenters. The number of carbonyl (C=O) groups is 2. The van der Waals surface area contributed by atoms with Crippen molar-refractivity contribution in [3.63, 3.8) is 0 Å². The lowest BCUT2D eigenvalue weighted by atomic mass is 9.89. The van der Waals surface area contributed by atoms with E-state index < -0.39 is 11.9 Å². The minimum absolute atomic E-state index is 0.0509. The summed E-state index contributed by atoms with van der Waals surface area (Å²) in [5, 5.41) is 13.1. The van der Waals surface area contributed by atoms with Gasteiger partial charge in [-0.15, -0.1) is 0 Å². The Hall–Kier alpha value is -2.14. The number of benzene rings is 1. The Bertz CT molecular complexity index is 707. The van der Waals surface area contributed by atoms with Gasteiger partial charge in [-0.25, -0.2) is 0 Å². The smallest absolute Gasteiger partial charge is 0.311 e. The van der Waals surface area contributed by atoms with Gasteiger partial charge in [-0.05, 0) is 35.9 Å². The van der Waals surface area contributed by atoms with Gasteiger partial charge in [0.2, 0.25) is 0 Å². The molecule has 1 aliphatic rings. The van der Waals surface area contributed by atoms with Gasteiger partial charge in [0.25, 0.3) is 5.91 Å². The number of carbonyl (C=O) groups excluding carboxylic acids is 1. The molecule has 1 aromatic heterocycles. The van der Waals surface area contributed by atoms with E-state index in [1.54, 1.807) is 11.0 Å². The molecule has 2 heterocycles. The zero-order chi connectivity index (χ0) is 15.0. The van der Waals surface area contributed by atoms with Gasteiger partial charge >= 0.3 is 5.97 Å². The number of anilines is 1. The maximum Gasteiger partial charge on any atom is 0.311 e. The first-order chi connectivity index (χ1) is 10.1. The van der Waals surface area contributed by atoms with E-state index in [-0.39, 0.29) is 5.91 Å². The van der Waals surface area contributed by atoms with Crippen molar-refractivity contribution in [2.75, 3.05) is 11.4 Å². The number of amides is 1. The minimum Gasteiger partial charge on any atom is -0.481 e. The van der Waals surface area contributed by atoms with Gasteiger partial charge in [0.1, 0.15) is 0 Å². The number of rotatable bonds is 2. The Morgan fingerprint density at radius 2 is 2.05 bits per heavy atom. The van der Waals surface area contributed by atoms with E-state index in [0.717, 1.165) is 11.1 Å². The fourth-order valence-corrected chi connectivity index (χ4v) is 3.58. The fraction of sp³-hybridized carbons (Fsp3) is 0.250. The van der Waals surface area contributed by atoms with Crippen LogP contribution in [0.4, 0.5) is 5.69 Å². The molecule has 1 aliphatic heterocycles. The summed E-state index contributed by atoms with van der Waals surface area (Å²) in [7, 11) is 0. The van der Waals surface area contributed by atoms with Crippen LogP contribution in [0.15, 0.2) is 35.0 Å². The largest absolute Gasteiger partial charge is 0.481 e. The molecule has 4 nitrogen and oxygen atoms in total. The summed E-state index contributed by atoms with van der Waals surface area (Å²) in [6, 6.07) is 7.28. The lowest BCUT2D eigenvalue weighted by Crippen LogP contribution is -2.38. The standard InChI is InChI=1S/C16H15NO3S/c1-10-8-21-9-13(10)15(18)17-7-6-12(16(19)20)11-4-2-3-5-14(11)17/h2-5,8-9,12H,6-7H2,1H3,(H,19,20). The van der Waals surface area contributed by atoms with Gasteiger partial charge in [0, 0.05) is 17.6 Å². The normalized spacial score (nSPS) is 17.4. The quantitative estimate of drug-likeness (QED) is 0.926. The zero-order valence-corrected chi connectivity index (χ0v) is 12.4. The van der Waals surface area contributed by atoms with Crippen molar-refractivity contribution >= 4 is 28.9 Å². The van der Waals surface area contributed by atoms with Crippen molar-refractivity contribution in [2.45, 2.75) is 19.3 Å². The van der Waals surface area contributed by atoms with Gasteiger partial charge in [-0.3, -0.25) is 9.59 Å². The Kier molecular flexibility index (Phi) is 3.51. The molecule has 1 aromatic carbocycles. The molecule has 0 aliphatic carbocycles. The number of nitrogens with zero attached hydrogens (tertiary/aromatic N) is 1. The lowest BCUT2D eigenvalue weighted by Gasteiger charge is -2.32. The Labute approximate surface area is 126 Å². The van der Waals surface area contributed by atoms with Crippen molar-refractivity contribution in [2.24, 2.45) is 0 Å². The van der Waals surface area contributed by atoms with Crippen molar-refractivity contribution in [3.8, 4) is 0 Å². The van der Waals surface area contributed by atoms with Crippen LogP contribution in [0.2, 0.25) is 0 Å². The Morgan fingerprint density at radius 1 is 1.29 bits per heavy atom. The van der Waals surface area contributed by atoms with E-state index in [1.807, 2.05) is 35.9 Å². The third-order valence-corrected chi connectivity index (χ3v) is 4.73. The molecule has 1 amide bonds. The predicted octanol–water partition coefficient (Wildman–Crippen LogP) is 3.28. The number of fused-ring (bicyclic) bond motifs is 1. The van der Waals surface area contributed by atoms with Crippen LogP contribution in [-0.2, 0) is 4.79 Å². The molecule has 0 saturated carbocycles. The molecule has 0 bridgehead atoms. The van der Waals surface area contributed by atoms with Crippen LogP contribution in [0.25, 0.3) is 0 Å². The summed E-state index contributed by atoms with van der Waals surface area (Å²) < 4.78 is 0. The molecule has 5 heteroatoms. The maximum absolute atomic E-state index is 12.7. The molecule has 1 N–H and O–H groups in total. The highest BCUT2D eigenvalue weighted by atomic mass is 32.1. The number of aryl methyl sites for hydroxylation is 1. The summed E-state index contributed by atoms with van der Waals surface area (Å²) in [6.07, 6.45) is 0.446. The average molecular weight is 301 g/mol. The van der Waals surface area contributed by atoms with Gasteiger partial charge in [-0.2, -0.15) is 11.3 Å². The van der Waals surface area contributed by atoms with Crippen LogP contribution in [-0.4, -0.2) is 23.5 Å². The van der Waals surface area contributed by atoms with Crippen LogP contribution in [0, 0.1) is 6.92 Å². The first kappa shape index (κ1) is 13.8. The van der Waals surface area contributed by atoms with Gasteiger partial charge in [0.05, 0.1) is 11.5 Å². The first-order valence-electron chi connectivity index (χ1n) is 6.76. The number of hydrogen-bond donors (Lipinski definition) is 1. The van der Waals surface area contributed by atoms with E-state index in [4.69, 9.17) is 0 Å². The Balaban J connectivity index is 2.02. The summed E-state index contributed by atoms with van der Waals surface area (Å²) in [4.78, 5) is 25.8. The molecule has 3 rings (SSSR count). The summed E-state index contributed by atoms with van der Waals surface area (Å²) >= 11 is 1.50. The predicted molar refractivity (Wildman–Crippen MR) is 82.2 cm³/mol. The number of carboxylic acids is 1. The lowest BCUT2D eigenvalue weighted by molar-refractivity contribution is -0.139. The highest BCUT2D eigenvalue weighted by molar-refractivity contribution is 7.08. The van der Waals surface area contributed by atoms with Crippen LogP contribution in [0.5, 0.6) is 0 Å². The molecule has 108 valence electrons. The van der Waals surface area contributed by atoms with Gasteiger partial charge < -0.3 is 10.0 Å². The summed E-state index contributed by atoms with van der Waals surface area (Å²) in [6.45, 7) is 2.35. The fourth-order valence-electron chi connectivity index (χ4n) is 2.75. The second kappa shape index (κ2) is 5.33. The molecule has 0 saturated heterocycles. The molecule has 0 fully saturated rings. The SMILES string of the molecule is Cc1cscc1C(=O)N1CCC(C(=O)O)c2ccccc21. The molecule has 0 radical (unpaired) electrons. The van der Waals surface area contributed by atoms with Gasteiger partial charge in [0.15, 0.2) is 0 Å². The number of para-hydroxylation sites is 1. The second-order valence-electron chi connectivity index (χ2n) is 5.16. The molecule has 21 heavy (non-hydrogen) atoms. The monoisotopic (exact) mass is 301 g/mol.